The molecule has 0 atom stereocenters. The average molecular weight is 350 g/mol. The number of hydrogen-bond donors (Lipinski definition) is 2. The third-order valence-corrected chi connectivity index (χ3v) is 4.27. The van der Waals surface area contributed by atoms with E-state index in [-0.39, 0.29) is 18.1 Å². The third-order valence-electron chi connectivity index (χ3n) is 2.92. The van der Waals surface area contributed by atoms with Crippen molar-refractivity contribution in [3.05, 3.63) is 60.2 Å². The zero-order valence-electron chi connectivity index (χ0n) is 13.1. The van der Waals surface area contributed by atoms with Crippen LogP contribution in [-0.4, -0.2) is 27.7 Å². The van der Waals surface area contributed by atoms with Gasteiger partial charge in [-0.2, -0.15) is 0 Å². The fourth-order valence-corrected chi connectivity index (χ4v) is 2.65. The normalized spacial score (nSPS) is 10.9. The van der Waals surface area contributed by atoms with Crippen LogP contribution in [0.25, 0.3) is 0 Å². The van der Waals surface area contributed by atoms with Gasteiger partial charge in [-0.15, -0.1) is 0 Å². The van der Waals surface area contributed by atoms with E-state index in [0.29, 0.717) is 5.75 Å². The molecule has 2 rings (SSSR count). The maximum Gasteiger partial charge on any atom is 0.352 e. The van der Waals surface area contributed by atoms with Crippen molar-refractivity contribution in [3.63, 3.8) is 0 Å². The largest absolute Gasteiger partial charge is 0.491 e. The molecule has 8 heteroatoms. The Morgan fingerprint density at radius 1 is 1.00 bits per heavy atom. The Morgan fingerprint density at radius 3 is 2.33 bits per heavy atom. The quantitative estimate of drug-likeness (QED) is 0.588. The topological polar surface area (TPSA) is 93.7 Å². The maximum atomic E-state index is 12.0. The van der Waals surface area contributed by atoms with Crippen LogP contribution in [0, 0.1) is 6.92 Å². The molecule has 0 aliphatic heterocycles. The van der Waals surface area contributed by atoms with Gasteiger partial charge in [0.25, 0.3) is 10.0 Å². The number of nitrogens with one attached hydrogen (secondary N) is 2. The van der Waals surface area contributed by atoms with Gasteiger partial charge >= 0.3 is 6.03 Å². The van der Waals surface area contributed by atoms with Crippen molar-refractivity contribution in [2.45, 2.75) is 11.8 Å². The number of para-hydroxylation sites is 1. The van der Waals surface area contributed by atoms with Crippen LogP contribution in [0.4, 0.5) is 4.79 Å². The van der Waals surface area contributed by atoms with Gasteiger partial charge in [-0.3, -0.25) is 4.84 Å². The van der Waals surface area contributed by atoms with Gasteiger partial charge in [-0.05, 0) is 31.2 Å². The minimum atomic E-state index is -3.94. The zero-order chi connectivity index (χ0) is 17.4. The van der Waals surface area contributed by atoms with Crippen LogP contribution < -0.4 is 14.9 Å². The van der Waals surface area contributed by atoms with Crippen molar-refractivity contribution in [2.75, 3.05) is 13.2 Å². The highest BCUT2D eigenvalue weighted by atomic mass is 32.2. The summed E-state index contributed by atoms with van der Waals surface area (Å²) in [5.41, 5.74) is 2.91. The molecule has 0 unspecified atom stereocenters. The third kappa shape index (κ3) is 5.56. The monoisotopic (exact) mass is 350 g/mol. The highest BCUT2D eigenvalue weighted by Crippen LogP contribution is 2.09. The summed E-state index contributed by atoms with van der Waals surface area (Å²) in [5, 5.41) is 0. The van der Waals surface area contributed by atoms with Crippen LogP contribution in [0.15, 0.2) is 59.5 Å². The molecule has 0 radical (unpaired) electrons. The van der Waals surface area contributed by atoms with Gasteiger partial charge in [0.05, 0.1) is 4.90 Å². The number of urea groups is 1. The van der Waals surface area contributed by atoms with E-state index in [4.69, 9.17) is 9.57 Å². The van der Waals surface area contributed by atoms with E-state index in [1.807, 2.05) is 35.3 Å². The summed E-state index contributed by atoms with van der Waals surface area (Å²) in [6.07, 6.45) is 0. The number of ether oxygens (including phenoxy) is 1. The molecule has 0 aromatic heterocycles. The summed E-state index contributed by atoms with van der Waals surface area (Å²) in [7, 11) is -3.94. The second-order valence-corrected chi connectivity index (χ2v) is 6.54. The van der Waals surface area contributed by atoms with E-state index in [9.17, 15) is 13.2 Å². The predicted octanol–water partition coefficient (Wildman–Crippen LogP) is 1.99. The maximum absolute atomic E-state index is 12.0. The van der Waals surface area contributed by atoms with Crippen LogP contribution in [0.3, 0.4) is 0 Å². The van der Waals surface area contributed by atoms with Gasteiger partial charge < -0.3 is 4.74 Å². The van der Waals surface area contributed by atoms with Crippen molar-refractivity contribution >= 4 is 16.1 Å². The summed E-state index contributed by atoms with van der Waals surface area (Å²) in [6.45, 7) is 2.10. The number of benzene rings is 2. The molecule has 7 nitrogen and oxygen atoms in total. The smallest absolute Gasteiger partial charge is 0.352 e. The number of sulfonamides is 1. The van der Waals surface area contributed by atoms with Crippen LogP contribution in [-0.2, 0) is 14.9 Å². The van der Waals surface area contributed by atoms with E-state index >= 15 is 0 Å². The van der Waals surface area contributed by atoms with Crippen molar-refractivity contribution in [2.24, 2.45) is 0 Å². The molecule has 0 heterocycles. The van der Waals surface area contributed by atoms with Crippen LogP contribution in [0.5, 0.6) is 5.75 Å². The molecule has 0 aliphatic carbocycles. The van der Waals surface area contributed by atoms with Gasteiger partial charge in [-0.1, -0.05) is 35.9 Å². The van der Waals surface area contributed by atoms with Crippen LogP contribution in [0.2, 0.25) is 0 Å². The Morgan fingerprint density at radius 2 is 1.67 bits per heavy atom. The number of aryl methyl sites for hydroxylation is 1. The van der Waals surface area contributed by atoms with Gasteiger partial charge in [0.1, 0.15) is 19.0 Å². The highest BCUT2D eigenvalue weighted by molar-refractivity contribution is 7.90. The van der Waals surface area contributed by atoms with Crippen molar-refractivity contribution in [1.82, 2.24) is 10.2 Å². The zero-order valence-corrected chi connectivity index (χ0v) is 13.9. The van der Waals surface area contributed by atoms with Crippen molar-refractivity contribution in [1.29, 1.82) is 0 Å². The molecular weight excluding hydrogens is 332 g/mol. The minimum absolute atomic E-state index is 0.00402. The average Bonchev–Trinajstić information content (AvgIpc) is 2.55. The summed E-state index contributed by atoms with van der Waals surface area (Å²) in [5.74, 6) is 0.674. The van der Waals surface area contributed by atoms with Gasteiger partial charge in [0.2, 0.25) is 0 Å². The second kappa shape index (κ2) is 8.32. The van der Waals surface area contributed by atoms with E-state index in [0.717, 1.165) is 5.56 Å². The number of carbonyl (C=O) groups excluding carboxylic acids is 1. The Labute approximate surface area is 140 Å². The van der Waals surface area contributed by atoms with E-state index in [1.165, 1.54) is 12.1 Å². The lowest BCUT2D eigenvalue weighted by Crippen LogP contribution is -2.39. The molecule has 128 valence electrons. The first-order valence-corrected chi connectivity index (χ1v) is 8.65. The molecule has 0 bridgehead atoms. The Bertz CT molecular complexity index is 761. The molecule has 0 saturated carbocycles. The predicted molar refractivity (Wildman–Crippen MR) is 87.9 cm³/mol. The number of hydrogen-bond acceptors (Lipinski definition) is 5. The lowest BCUT2D eigenvalue weighted by Gasteiger charge is -2.09. The molecule has 0 saturated heterocycles. The first-order chi connectivity index (χ1) is 11.5. The summed E-state index contributed by atoms with van der Waals surface area (Å²) < 4.78 is 31.2. The Balaban J connectivity index is 1.72. The fraction of sp³-hybridized carbons (Fsp3) is 0.188. The number of hydroxylamine groups is 1. The van der Waals surface area contributed by atoms with Crippen LogP contribution >= 0.6 is 0 Å². The Hall–Kier alpha value is -2.58. The van der Waals surface area contributed by atoms with Gasteiger partial charge in [-0.25, -0.2) is 23.4 Å². The molecule has 0 fully saturated rings. The lowest BCUT2D eigenvalue weighted by atomic mass is 10.2. The molecule has 2 N–H and O–H groups in total. The second-order valence-electron chi connectivity index (χ2n) is 4.86. The molecule has 2 aromatic carbocycles. The molecule has 0 spiro atoms. The number of carbonyl (C=O) groups is 1. The molecule has 0 aliphatic rings. The van der Waals surface area contributed by atoms with E-state index in [1.54, 1.807) is 24.3 Å². The lowest BCUT2D eigenvalue weighted by molar-refractivity contribution is 0.0430. The van der Waals surface area contributed by atoms with E-state index < -0.39 is 16.1 Å². The molecule has 24 heavy (non-hydrogen) atoms. The minimum Gasteiger partial charge on any atom is -0.491 e. The molecular formula is C16H18N2O5S. The van der Waals surface area contributed by atoms with E-state index in [2.05, 4.69) is 0 Å². The van der Waals surface area contributed by atoms with Crippen molar-refractivity contribution < 1.29 is 22.8 Å². The van der Waals surface area contributed by atoms with Gasteiger partial charge in [0.15, 0.2) is 0 Å². The fourth-order valence-electron chi connectivity index (χ4n) is 1.75. The summed E-state index contributed by atoms with van der Waals surface area (Å²) >= 11 is 0. The van der Waals surface area contributed by atoms with Crippen LogP contribution in [0.1, 0.15) is 5.56 Å². The summed E-state index contributed by atoms with van der Waals surface area (Å²) in [4.78, 5) is 16.4. The first kappa shape index (κ1) is 17.8. The summed E-state index contributed by atoms with van der Waals surface area (Å²) in [6, 6.07) is 14.2. The SMILES string of the molecule is Cc1ccc(S(=O)(=O)NC(=O)NOCCOc2ccccc2)cc1. The molecule has 2 amide bonds. The number of rotatable bonds is 7. The first-order valence-electron chi connectivity index (χ1n) is 7.16. The van der Waals surface area contributed by atoms with Gasteiger partial charge in [0, 0.05) is 0 Å². The van der Waals surface area contributed by atoms with Crippen molar-refractivity contribution in [3.8, 4) is 5.75 Å². The molecule has 2 aromatic rings. The number of amides is 2. The highest BCUT2D eigenvalue weighted by Gasteiger charge is 2.17. The Kier molecular flexibility index (Phi) is 6.16. The standard InChI is InChI=1S/C16H18N2O5S/c1-13-7-9-15(10-8-13)24(20,21)18-16(19)17-23-12-11-22-14-5-3-2-4-6-14/h2-10H,11-12H2,1H3,(H2,17,18,19).